The molecule has 0 aliphatic heterocycles. The van der Waals surface area contributed by atoms with E-state index in [0.717, 1.165) is 74.0 Å². The zero-order valence-electron chi connectivity index (χ0n) is 59.6. The molecular formula is C70H131N2O22P. The summed E-state index contributed by atoms with van der Waals surface area (Å²) in [6, 6.07) is 0. The molecule has 24 nitrogen and oxygen atoms in total. The highest BCUT2D eigenvalue weighted by Crippen LogP contribution is 2.67. The molecule has 2 amide bonds. The minimum absolute atomic E-state index is 0.0534. The Hall–Kier alpha value is -2.01. The quantitative estimate of drug-likeness (QED) is 0.0291. The van der Waals surface area contributed by atoms with Crippen molar-refractivity contribution in [3.8, 4) is 0 Å². The number of alkyl carbamates (subject to hydrolysis) is 1. The van der Waals surface area contributed by atoms with Gasteiger partial charge in [-0.2, -0.15) is 0 Å². The lowest BCUT2D eigenvalue weighted by molar-refractivity contribution is -0.122. The number of rotatable bonds is 65. The Labute approximate surface area is 571 Å². The molecule has 3 fully saturated rings. The number of carbonyl (C=O) groups excluding carboxylic acids is 2. The van der Waals surface area contributed by atoms with Gasteiger partial charge in [-0.25, -0.2) is 4.79 Å². The molecule has 3 N–H and O–H groups in total. The maximum atomic E-state index is 12.8. The summed E-state index contributed by atoms with van der Waals surface area (Å²) in [5, 5.41) is 5.75. The van der Waals surface area contributed by atoms with Gasteiger partial charge in [0.1, 0.15) is 6.10 Å². The second kappa shape index (κ2) is 54.7. The van der Waals surface area contributed by atoms with Crippen molar-refractivity contribution in [2.24, 2.45) is 46.3 Å². The molecule has 0 aromatic carbocycles. The molecule has 4 aliphatic carbocycles. The van der Waals surface area contributed by atoms with E-state index in [1.807, 2.05) is 0 Å². The molecule has 0 spiro atoms. The highest BCUT2D eigenvalue weighted by Gasteiger charge is 2.59. The molecule has 0 heterocycles. The van der Waals surface area contributed by atoms with E-state index in [1.165, 1.54) is 58.0 Å². The van der Waals surface area contributed by atoms with Gasteiger partial charge >= 0.3 is 13.7 Å². The molecule has 0 bridgehead atoms. The second-order valence-electron chi connectivity index (χ2n) is 26.4. The van der Waals surface area contributed by atoms with Crippen LogP contribution in [0.1, 0.15) is 137 Å². The summed E-state index contributed by atoms with van der Waals surface area (Å²) < 4.78 is 111. The molecule has 4 aliphatic rings. The summed E-state index contributed by atoms with van der Waals surface area (Å²) in [6.07, 6.45) is 19.6. The zero-order valence-corrected chi connectivity index (χ0v) is 60.5. The average molecular weight is 1380 g/mol. The Kier molecular flexibility index (Phi) is 49.2. The van der Waals surface area contributed by atoms with Crippen LogP contribution in [0, 0.1) is 46.3 Å². The van der Waals surface area contributed by atoms with Crippen LogP contribution in [0.15, 0.2) is 11.6 Å². The first-order valence-electron chi connectivity index (χ1n) is 36.3. The van der Waals surface area contributed by atoms with Gasteiger partial charge in [0.2, 0.25) is 5.91 Å². The smallest absolute Gasteiger partial charge is 0.407 e. The Morgan fingerprint density at radius 3 is 1.34 bits per heavy atom. The van der Waals surface area contributed by atoms with Crippen LogP contribution in [-0.4, -0.2) is 261 Å². The van der Waals surface area contributed by atoms with E-state index in [2.05, 4.69) is 51.3 Å². The van der Waals surface area contributed by atoms with Gasteiger partial charge in [-0.05, 0) is 104 Å². The fraction of sp³-hybridized carbons (Fsp3) is 0.943. The van der Waals surface area contributed by atoms with Crippen molar-refractivity contribution in [3.63, 3.8) is 0 Å². The number of hydrogen-bond donors (Lipinski definition) is 3. The monoisotopic (exact) mass is 1380 g/mol. The first-order chi connectivity index (χ1) is 46.2. The van der Waals surface area contributed by atoms with Gasteiger partial charge in [0.15, 0.2) is 0 Å². The van der Waals surface area contributed by atoms with Gasteiger partial charge in [0, 0.05) is 32.6 Å². The van der Waals surface area contributed by atoms with E-state index < -0.39 is 7.60 Å². The number of amides is 2. The zero-order chi connectivity index (χ0) is 68.2. The number of hydrogen-bond acceptors (Lipinski definition) is 21. The lowest BCUT2D eigenvalue weighted by atomic mass is 9.47. The summed E-state index contributed by atoms with van der Waals surface area (Å²) in [4.78, 5) is 33.7. The van der Waals surface area contributed by atoms with Crippen LogP contribution in [0.2, 0.25) is 0 Å². The predicted octanol–water partition coefficient (Wildman–Crippen LogP) is 9.29. The Morgan fingerprint density at radius 2 is 0.905 bits per heavy atom. The standard InChI is InChI=1S/C70H131N2O22P/c1-59(2)12-11-13-60(3)64-16-17-65-63-15-14-61-58-62(18-21-69(61,4)66(63)19-22-70(64,65)5)94-68(74)72-24-27-78-29-31-80-33-35-82-37-39-84-41-43-86-45-47-88-49-51-90-53-55-92-57-56-91-54-52-89-50-48-87-46-44-85-42-40-83-38-36-81-34-32-79-30-28-77-26-20-67(73)71-23-9-7-8-10-25-93-95(6,75)76/h14,59-60,62-66H,7-13,15-58H2,1-6H3,(H,71,73)(H,72,74)(H,75,76)/t60-,62+,63+,64-,65+,66+,69+,70-/m1/s1. The molecule has 0 saturated heterocycles. The molecule has 9 atom stereocenters. The average Bonchev–Trinajstić information content (AvgIpc) is 1.70. The van der Waals surface area contributed by atoms with Gasteiger partial charge in [0.05, 0.1) is 218 Å². The van der Waals surface area contributed by atoms with Gasteiger partial charge in [-0.3, -0.25) is 9.36 Å². The van der Waals surface area contributed by atoms with E-state index in [1.54, 1.807) is 5.57 Å². The third-order valence-corrected chi connectivity index (χ3v) is 19.5. The molecule has 3 saturated carbocycles. The van der Waals surface area contributed by atoms with Crippen LogP contribution in [-0.2, 0) is 94.4 Å². The van der Waals surface area contributed by atoms with Gasteiger partial charge in [-0.1, -0.05) is 78.4 Å². The summed E-state index contributed by atoms with van der Waals surface area (Å²) in [5.41, 5.74) is 2.28. The first kappa shape index (κ1) is 85.4. The van der Waals surface area contributed by atoms with Crippen LogP contribution in [0.3, 0.4) is 0 Å². The molecule has 0 radical (unpaired) electrons. The third kappa shape index (κ3) is 40.3. The van der Waals surface area contributed by atoms with E-state index in [4.69, 9.17) is 89.9 Å². The number of unbranched alkanes of at least 4 members (excludes halogenated alkanes) is 3. The van der Waals surface area contributed by atoms with Crippen molar-refractivity contribution in [2.45, 2.75) is 143 Å². The van der Waals surface area contributed by atoms with Crippen LogP contribution in [0.4, 0.5) is 4.79 Å². The number of nitrogens with one attached hydrogen (secondary N) is 2. The second-order valence-corrected chi connectivity index (χ2v) is 28.3. The lowest BCUT2D eigenvalue weighted by Crippen LogP contribution is -2.51. The molecule has 4 rings (SSSR count). The molecule has 1 unspecified atom stereocenters. The van der Waals surface area contributed by atoms with Crippen LogP contribution in [0.5, 0.6) is 0 Å². The van der Waals surface area contributed by atoms with Crippen molar-refractivity contribution in [3.05, 3.63) is 11.6 Å². The molecule has 0 aromatic rings. The van der Waals surface area contributed by atoms with E-state index in [9.17, 15) is 14.2 Å². The summed E-state index contributed by atoms with van der Waals surface area (Å²) in [7, 11) is -3.40. The minimum atomic E-state index is -3.40. The largest absolute Gasteiger partial charge is 0.446 e. The minimum Gasteiger partial charge on any atom is -0.446 e. The third-order valence-electron chi connectivity index (χ3n) is 18.8. The fourth-order valence-corrected chi connectivity index (χ4v) is 14.3. The lowest BCUT2D eigenvalue weighted by Gasteiger charge is -2.58. The Bertz CT molecular complexity index is 1960. The SMILES string of the molecule is CC(C)CCC[C@@H](C)[C@H]1CC[C@H]2[C@@H]3CC=C4C[C@@H](OC(=O)NCCOCCOCCOCCOCCOCCOCCOCCOCCOCCOCCOCCOCCOCCOCCOCCOCCC(=O)NCCCCCCOP(C)(=O)O)CC[C@]4(C)[C@H]3CC[C@]12C. The predicted molar refractivity (Wildman–Crippen MR) is 362 cm³/mol. The highest BCUT2D eigenvalue weighted by atomic mass is 31.2. The number of ether oxygens (including phenoxy) is 17. The van der Waals surface area contributed by atoms with Crippen molar-refractivity contribution in [1.82, 2.24) is 10.6 Å². The summed E-state index contributed by atoms with van der Waals surface area (Å²) in [6.45, 7) is 29.7. The van der Waals surface area contributed by atoms with Crippen LogP contribution in [0.25, 0.3) is 0 Å². The molecule has 95 heavy (non-hydrogen) atoms. The molecular weight excluding hydrogens is 1250 g/mol. The van der Waals surface area contributed by atoms with E-state index in [0.29, 0.717) is 243 Å². The Balaban J connectivity index is 0.755. The number of allylic oxidation sites excluding steroid dienone is 1. The highest BCUT2D eigenvalue weighted by molar-refractivity contribution is 7.51. The first-order valence-corrected chi connectivity index (χ1v) is 38.3. The van der Waals surface area contributed by atoms with Crippen molar-refractivity contribution < 1.29 is 104 Å². The topological polar surface area (TPSA) is 262 Å². The van der Waals surface area contributed by atoms with Crippen LogP contribution < -0.4 is 10.6 Å². The van der Waals surface area contributed by atoms with Crippen molar-refractivity contribution in [2.75, 3.05) is 238 Å². The molecule has 558 valence electrons. The van der Waals surface area contributed by atoms with E-state index in [-0.39, 0.29) is 30.1 Å². The normalized spacial score (nSPS) is 22.7. The van der Waals surface area contributed by atoms with Gasteiger partial charge in [0.25, 0.3) is 0 Å². The summed E-state index contributed by atoms with van der Waals surface area (Å²) >= 11 is 0. The van der Waals surface area contributed by atoms with Gasteiger partial charge < -0.3 is 101 Å². The van der Waals surface area contributed by atoms with Crippen molar-refractivity contribution in [1.29, 1.82) is 0 Å². The van der Waals surface area contributed by atoms with Crippen molar-refractivity contribution >= 4 is 19.6 Å². The maximum Gasteiger partial charge on any atom is 0.407 e. The number of carbonyl (C=O) groups is 2. The summed E-state index contributed by atoms with van der Waals surface area (Å²) in [5.74, 6) is 4.87. The maximum absolute atomic E-state index is 12.8. The Morgan fingerprint density at radius 1 is 0.484 bits per heavy atom. The number of fused-ring (bicyclic) bond motifs is 5. The van der Waals surface area contributed by atoms with Crippen LogP contribution >= 0.6 is 7.60 Å². The fourth-order valence-electron chi connectivity index (χ4n) is 13.9. The molecule has 0 aromatic heterocycles. The molecule has 25 heteroatoms. The van der Waals surface area contributed by atoms with E-state index >= 15 is 0 Å². The van der Waals surface area contributed by atoms with Gasteiger partial charge in [-0.15, -0.1) is 0 Å².